The highest BCUT2D eigenvalue weighted by Gasteiger charge is 2.04. The molecule has 0 aliphatic carbocycles. The summed E-state index contributed by atoms with van der Waals surface area (Å²) in [6.07, 6.45) is 0. The van der Waals surface area contributed by atoms with E-state index in [1.165, 1.54) is 11.8 Å². The molecule has 0 aliphatic heterocycles. The summed E-state index contributed by atoms with van der Waals surface area (Å²) >= 11 is 7.42. The first-order valence-electron chi connectivity index (χ1n) is 4.79. The zero-order valence-corrected chi connectivity index (χ0v) is 10.6. The highest BCUT2D eigenvalue weighted by molar-refractivity contribution is 7.98. The Morgan fingerprint density at radius 1 is 1.53 bits per heavy atom. The Labute approximate surface area is 107 Å². The van der Waals surface area contributed by atoms with Crippen molar-refractivity contribution in [1.82, 2.24) is 15.2 Å². The number of halogens is 1. The first kappa shape index (κ1) is 12.1. The third-order valence-electron chi connectivity index (χ3n) is 2.07. The summed E-state index contributed by atoms with van der Waals surface area (Å²) in [5, 5.41) is 7.23. The number of methoxy groups -OCH3 is 1. The van der Waals surface area contributed by atoms with E-state index in [1.807, 2.05) is 18.2 Å². The molecule has 0 radical (unpaired) electrons. The Balaban J connectivity index is 2.04. The van der Waals surface area contributed by atoms with Crippen LogP contribution in [0.2, 0.25) is 5.02 Å². The van der Waals surface area contributed by atoms with Gasteiger partial charge in [0, 0.05) is 5.75 Å². The fourth-order valence-electron chi connectivity index (χ4n) is 1.27. The van der Waals surface area contributed by atoms with Crippen molar-refractivity contribution >= 4 is 23.4 Å². The molecule has 0 fully saturated rings. The van der Waals surface area contributed by atoms with Crippen molar-refractivity contribution in [1.29, 1.82) is 0 Å². The average Bonchev–Trinajstić information content (AvgIpc) is 2.73. The first-order chi connectivity index (χ1) is 8.19. The number of hydrogen-bond donors (Lipinski definition) is 2. The maximum atomic E-state index is 10.8. The molecule has 0 bridgehead atoms. The lowest BCUT2D eigenvalue weighted by Gasteiger charge is -2.04. The number of benzene rings is 1. The second-order valence-corrected chi connectivity index (χ2v) is 4.61. The van der Waals surface area contributed by atoms with Crippen molar-refractivity contribution in [3.05, 3.63) is 39.3 Å². The molecule has 2 N–H and O–H groups in total. The van der Waals surface area contributed by atoms with Crippen LogP contribution in [-0.4, -0.2) is 22.3 Å². The Bertz CT molecular complexity index is 567. The molecule has 7 heteroatoms. The average molecular weight is 272 g/mol. The Morgan fingerprint density at radius 3 is 2.94 bits per heavy atom. The van der Waals surface area contributed by atoms with E-state index in [4.69, 9.17) is 16.3 Å². The second-order valence-electron chi connectivity index (χ2n) is 3.24. The molecule has 0 spiro atoms. The molecule has 1 aromatic carbocycles. The van der Waals surface area contributed by atoms with Crippen molar-refractivity contribution < 1.29 is 4.74 Å². The van der Waals surface area contributed by atoms with Crippen LogP contribution in [0.5, 0.6) is 5.75 Å². The lowest BCUT2D eigenvalue weighted by Crippen LogP contribution is -2.00. The number of H-pyrrole nitrogens is 2. The van der Waals surface area contributed by atoms with Crippen molar-refractivity contribution in [2.75, 3.05) is 7.11 Å². The van der Waals surface area contributed by atoms with Gasteiger partial charge in [0.25, 0.3) is 0 Å². The summed E-state index contributed by atoms with van der Waals surface area (Å²) in [6, 6.07) is 5.56. The minimum absolute atomic E-state index is 0.305. The first-order valence-corrected chi connectivity index (χ1v) is 6.15. The van der Waals surface area contributed by atoms with Gasteiger partial charge in [0.2, 0.25) is 0 Å². The Kier molecular flexibility index (Phi) is 3.75. The molecule has 2 rings (SSSR count). The van der Waals surface area contributed by atoms with Gasteiger partial charge >= 0.3 is 5.69 Å². The van der Waals surface area contributed by atoms with Crippen molar-refractivity contribution in [3.63, 3.8) is 0 Å². The number of aromatic nitrogens is 3. The van der Waals surface area contributed by atoms with E-state index in [0.29, 0.717) is 21.7 Å². The Hall–Kier alpha value is -1.40. The van der Waals surface area contributed by atoms with E-state index in [-0.39, 0.29) is 5.69 Å². The summed E-state index contributed by atoms with van der Waals surface area (Å²) in [7, 11) is 1.57. The smallest absolute Gasteiger partial charge is 0.341 e. The molecule has 0 saturated heterocycles. The standard InChI is InChI=1S/C10H10ClN3O2S/c1-16-8-3-2-6(4-7(8)11)5-17-10-12-9(15)13-14-10/h2-4H,5H2,1H3,(H2,12,13,14,15). The van der Waals surface area contributed by atoms with Crippen molar-refractivity contribution in [2.45, 2.75) is 10.9 Å². The number of nitrogens with one attached hydrogen (secondary N) is 2. The highest BCUT2D eigenvalue weighted by Crippen LogP contribution is 2.27. The van der Waals surface area contributed by atoms with Crippen molar-refractivity contribution in [3.8, 4) is 5.75 Å². The fraction of sp³-hybridized carbons (Fsp3) is 0.200. The lowest BCUT2D eigenvalue weighted by molar-refractivity contribution is 0.415. The third-order valence-corrected chi connectivity index (χ3v) is 3.31. The second kappa shape index (κ2) is 5.29. The van der Waals surface area contributed by atoms with Gasteiger partial charge in [-0.25, -0.2) is 9.89 Å². The van der Waals surface area contributed by atoms with Crippen LogP contribution in [0, 0.1) is 0 Å². The number of nitrogens with zero attached hydrogens (tertiary/aromatic N) is 1. The minimum Gasteiger partial charge on any atom is -0.495 e. The molecular weight excluding hydrogens is 262 g/mol. The molecule has 90 valence electrons. The normalized spacial score (nSPS) is 10.5. The van der Waals surface area contributed by atoms with Crippen LogP contribution in [0.4, 0.5) is 0 Å². The van der Waals surface area contributed by atoms with Gasteiger partial charge in [0.1, 0.15) is 5.75 Å². The zero-order valence-electron chi connectivity index (χ0n) is 8.99. The van der Waals surface area contributed by atoms with E-state index in [0.717, 1.165) is 5.56 Å². The van der Waals surface area contributed by atoms with Gasteiger partial charge in [-0.3, -0.25) is 4.98 Å². The topological polar surface area (TPSA) is 70.8 Å². The zero-order chi connectivity index (χ0) is 12.3. The van der Waals surface area contributed by atoms with Crippen LogP contribution in [0.25, 0.3) is 0 Å². The van der Waals surface area contributed by atoms with Crippen molar-refractivity contribution in [2.24, 2.45) is 0 Å². The number of thioether (sulfide) groups is 1. The van der Waals surface area contributed by atoms with Gasteiger partial charge in [0.05, 0.1) is 12.1 Å². The molecular formula is C10H10ClN3O2S. The Morgan fingerprint density at radius 2 is 2.35 bits per heavy atom. The number of hydrogen-bond acceptors (Lipinski definition) is 4. The van der Waals surface area contributed by atoms with Crippen LogP contribution >= 0.6 is 23.4 Å². The number of ether oxygens (including phenoxy) is 1. The van der Waals surface area contributed by atoms with Crippen LogP contribution < -0.4 is 10.4 Å². The maximum absolute atomic E-state index is 10.8. The van der Waals surface area contributed by atoms with Gasteiger partial charge in [-0.05, 0) is 17.7 Å². The maximum Gasteiger partial charge on any atom is 0.341 e. The largest absolute Gasteiger partial charge is 0.495 e. The summed E-state index contributed by atoms with van der Waals surface area (Å²) < 4.78 is 5.06. The van der Waals surface area contributed by atoms with Crippen LogP contribution in [-0.2, 0) is 5.75 Å². The van der Waals surface area contributed by atoms with Gasteiger partial charge in [0.15, 0.2) is 5.16 Å². The van der Waals surface area contributed by atoms with Gasteiger partial charge < -0.3 is 4.74 Å². The van der Waals surface area contributed by atoms with E-state index >= 15 is 0 Å². The fourth-order valence-corrected chi connectivity index (χ4v) is 2.31. The molecule has 0 aliphatic rings. The molecule has 2 aromatic rings. The van der Waals surface area contributed by atoms with Crippen LogP contribution in [0.1, 0.15) is 5.56 Å². The predicted octanol–water partition coefficient (Wildman–Crippen LogP) is 2.05. The monoisotopic (exact) mass is 271 g/mol. The molecule has 0 saturated carbocycles. The summed E-state index contributed by atoms with van der Waals surface area (Å²) in [4.78, 5) is 13.4. The molecule has 5 nitrogen and oxygen atoms in total. The third kappa shape index (κ3) is 3.04. The van der Waals surface area contributed by atoms with Gasteiger partial charge in [-0.15, -0.1) is 5.10 Å². The van der Waals surface area contributed by atoms with E-state index < -0.39 is 0 Å². The summed E-state index contributed by atoms with van der Waals surface area (Å²) in [5.74, 6) is 1.32. The van der Waals surface area contributed by atoms with Crippen LogP contribution in [0.3, 0.4) is 0 Å². The molecule has 0 unspecified atom stereocenters. The molecule has 1 aromatic heterocycles. The van der Waals surface area contributed by atoms with E-state index in [9.17, 15) is 4.79 Å². The SMILES string of the molecule is COc1ccc(CSc2n[nH]c(=O)[nH]2)cc1Cl. The lowest BCUT2D eigenvalue weighted by atomic mass is 10.2. The molecule has 17 heavy (non-hydrogen) atoms. The van der Waals surface area contributed by atoms with E-state index in [1.54, 1.807) is 7.11 Å². The van der Waals surface area contributed by atoms with Crippen LogP contribution in [0.15, 0.2) is 28.2 Å². The van der Waals surface area contributed by atoms with Gasteiger partial charge in [-0.1, -0.05) is 29.4 Å². The van der Waals surface area contributed by atoms with E-state index in [2.05, 4.69) is 15.2 Å². The molecule has 0 amide bonds. The molecule has 0 atom stereocenters. The number of aromatic amines is 2. The summed E-state index contributed by atoms with van der Waals surface area (Å²) in [6.45, 7) is 0. The predicted molar refractivity (Wildman–Crippen MR) is 66.8 cm³/mol. The minimum atomic E-state index is -0.305. The highest BCUT2D eigenvalue weighted by atomic mass is 35.5. The quantitative estimate of drug-likeness (QED) is 0.835. The molecule has 1 heterocycles. The summed E-state index contributed by atoms with van der Waals surface area (Å²) in [5.41, 5.74) is 0.727. The van der Waals surface area contributed by atoms with Gasteiger partial charge in [-0.2, -0.15) is 0 Å². The number of rotatable bonds is 4.